The molecule has 2 heterocycles. The second kappa shape index (κ2) is 8.60. The molecule has 4 rings (SSSR count). The lowest BCUT2D eigenvalue weighted by Crippen LogP contribution is -2.50. The number of hydrogen-bond acceptors (Lipinski definition) is 5. The first kappa shape index (κ1) is 21.2. The maximum absolute atomic E-state index is 13.0. The highest BCUT2D eigenvalue weighted by atomic mass is 32.2. The van der Waals surface area contributed by atoms with Crippen LogP contribution in [-0.4, -0.2) is 65.7 Å². The molecule has 31 heavy (non-hydrogen) atoms. The summed E-state index contributed by atoms with van der Waals surface area (Å²) < 4.78 is 25.5. The molecule has 1 fully saturated rings. The fraction of sp³-hybridized carbons (Fsp3) is 0.318. The fourth-order valence-corrected chi connectivity index (χ4v) is 4.93. The van der Waals surface area contributed by atoms with Gasteiger partial charge in [-0.2, -0.15) is 9.40 Å². The van der Waals surface area contributed by atoms with Crippen molar-refractivity contribution in [2.24, 2.45) is 0 Å². The Morgan fingerprint density at radius 1 is 1.03 bits per heavy atom. The fourth-order valence-electron chi connectivity index (χ4n) is 3.85. The van der Waals surface area contributed by atoms with E-state index in [1.165, 1.54) is 4.31 Å². The van der Waals surface area contributed by atoms with Crippen molar-refractivity contribution in [3.63, 3.8) is 0 Å². The summed E-state index contributed by atoms with van der Waals surface area (Å²) in [5, 5.41) is 8.12. The van der Waals surface area contributed by atoms with E-state index in [4.69, 9.17) is 0 Å². The van der Waals surface area contributed by atoms with E-state index in [1.807, 2.05) is 36.4 Å². The van der Waals surface area contributed by atoms with Gasteiger partial charge in [0.25, 0.3) is 11.5 Å². The summed E-state index contributed by atoms with van der Waals surface area (Å²) in [6.07, 6.45) is 0.473. The number of piperazine rings is 1. The summed E-state index contributed by atoms with van der Waals surface area (Å²) in [6.45, 7) is 2.99. The van der Waals surface area contributed by atoms with Crippen LogP contribution in [0.2, 0.25) is 0 Å². The molecule has 2 aromatic carbocycles. The van der Waals surface area contributed by atoms with Crippen LogP contribution in [-0.2, 0) is 16.4 Å². The minimum Gasteiger partial charge on any atom is -0.336 e. The van der Waals surface area contributed by atoms with Gasteiger partial charge in [-0.15, -0.1) is 0 Å². The summed E-state index contributed by atoms with van der Waals surface area (Å²) >= 11 is 0. The molecule has 1 aromatic heterocycles. The zero-order valence-corrected chi connectivity index (χ0v) is 18.1. The summed E-state index contributed by atoms with van der Waals surface area (Å²) in [5.74, 6) is -0.0501. The molecule has 0 unspecified atom stereocenters. The van der Waals surface area contributed by atoms with E-state index >= 15 is 0 Å². The molecule has 0 aliphatic carbocycles. The van der Waals surface area contributed by atoms with Gasteiger partial charge in [0.15, 0.2) is 0 Å². The van der Waals surface area contributed by atoms with Crippen molar-refractivity contribution < 1.29 is 13.2 Å². The van der Waals surface area contributed by atoms with Crippen molar-refractivity contribution in [2.75, 3.05) is 31.9 Å². The third kappa shape index (κ3) is 4.38. The number of aromatic amines is 1. The van der Waals surface area contributed by atoms with E-state index in [0.29, 0.717) is 43.5 Å². The Hall–Kier alpha value is -3.04. The molecule has 1 aliphatic rings. The Balaban J connectivity index is 1.51. The third-order valence-corrected chi connectivity index (χ3v) is 7.49. The largest absolute Gasteiger partial charge is 0.336 e. The van der Waals surface area contributed by atoms with Crippen molar-refractivity contribution in [2.45, 2.75) is 13.3 Å². The first-order valence-corrected chi connectivity index (χ1v) is 11.8. The predicted octanol–water partition coefficient (Wildman–Crippen LogP) is 1.62. The minimum absolute atomic E-state index is 0.0659. The van der Waals surface area contributed by atoms with Crippen LogP contribution >= 0.6 is 0 Å². The molecule has 1 amide bonds. The number of benzene rings is 2. The normalized spacial score (nSPS) is 15.3. The van der Waals surface area contributed by atoms with Gasteiger partial charge in [0.05, 0.1) is 16.8 Å². The number of carbonyl (C=O) groups excluding carboxylic acids is 1. The lowest BCUT2D eigenvalue weighted by molar-refractivity contribution is 0.0698. The van der Waals surface area contributed by atoms with Gasteiger partial charge in [-0.3, -0.25) is 9.59 Å². The molecule has 8 nitrogen and oxygen atoms in total. The molecular formula is C22H24N4O4S. The molecule has 1 aliphatic heterocycles. The highest BCUT2D eigenvalue weighted by Gasteiger charge is 2.28. The summed E-state index contributed by atoms with van der Waals surface area (Å²) in [7, 11) is -3.23. The van der Waals surface area contributed by atoms with Crippen LogP contribution in [0.1, 0.15) is 28.5 Å². The topological polar surface area (TPSA) is 103 Å². The molecule has 0 radical (unpaired) electrons. The van der Waals surface area contributed by atoms with E-state index in [9.17, 15) is 18.0 Å². The number of H-pyrrole nitrogens is 1. The van der Waals surface area contributed by atoms with Crippen LogP contribution in [0.25, 0.3) is 10.8 Å². The molecule has 9 heteroatoms. The Bertz CT molecular complexity index is 1280. The van der Waals surface area contributed by atoms with Crippen LogP contribution in [0.5, 0.6) is 0 Å². The predicted molar refractivity (Wildman–Crippen MR) is 119 cm³/mol. The maximum atomic E-state index is 13.0. The number of nitrogens with zero attached hydrogens (tertiary/aromatic N) is 3. The zero-order chi connectivity index (χ0) is 22.0. The molecule has 0 saturated carbocycles. The average molecular weight is 441 g/mol. The number of aromatic nitrogens is 2. The van der Waals surface area contributed by atoms with Crippen LogP contribution < -0.4 is 5.56 Å². The number of nitrogens with one attached hydrogen (secondary N) is 1. The SMILES string of the molecule is CCS(=O)(=O)N1CCN(C(=O)c2cccc(Cc3n[nH]c(=O)c4ccccc34)c2)CC1. The van der Waals surface area contributed by atoms with Crippen molar-refractivity contribution >= 4 is 26.7 Å². The van der Waals surface area contributed by atoms with Crippen molar-refractivity contribution in [1.29, 1.82) is 0 Å². The Morgan fingerprint density at radius 2 is 1.74 bits per heavy atom. The van der Waals surface area contributed by atoms with Gasteiger partial charge >= 0.3 is 0 Å². The monoisotopic (exact) mass is 440 g/mol. The van der Waals surface area contributed by atoms with E-state index in [2.05, 4.69) is 10.2 Å². The first-order valence-electron chi connectivity index (χ1n) is 10.2. The van der Waals surface area contributed by atoms with Gasteiger partial charge in [-0.1, -0.05) is 30.3 Å². The molecule has 3 aromatic rings. The van der Waals surface area contributed by atoms with Gasteiger partial charge in [-0.05, 0) is 30.7 Å². The molecule has 1 N–H and O–H groups in total. The Kier molecular flexibility index (Phi) is 5.88. The van der Waals surface area contributed by atoms with E-state index in [0.717, 1.165) is 16.6 Å². The molecule has 0 atom stereocenters. The van der Waals surface area contributed by atoms with E-state index in [1.54, 1.807) is 24.0 Å². The number of amides is 1. The number of hydrogen-bond donors (Lipinski definition) is 1. The number of fused-ring (bicyclic) bond motifs is 1. The zero-order valence-electron chi connectivity index (χ0n) is 17.2. The van der Waals surface area contributed by atoms with Crippen LogP contribution in [0.3, 0.4) is 0 Å². The summed E-state index contributed by atoms with van der Waals surface area (Å²) in [5.41, 5.74) is 1.96. The summed E-state index contributed by atoms with van der Waals surface area (Å²) in [4.78, 5) is 26.7. The number of sulfonamides is 1. The van der Waals surface area contributed by atoms with Gasteiger partial charge in [0.2, 0.25) is 10.0 Å². The standard InChI is InChI=1S/C22H24N4O4S/c1-2-31(29,30)26-12-10-25(11-13-26)22(28)17-7-5-6-16(14-17)15-20-18-8-3-4-9-19(18)21(27)24-23-20/h3-9,14H,2,10-13,15H2,1H3,(H,24,27). The van der Waals surface area contributed by atoms with Gasteiger partial charge in [-0.25, -0.2) is 13.5 Å². The quantitative estimate of drug-likeness (QED) is 0.649. The maximum Gasteiger partial charge on any atom is 0.272 e. The lowest BCUT2D eigenvalue weighted by Gasteiger charge is -2.33. The number of rotatable bonds is 5. The molecule has 0 bridgehead atoms. The highest BCUT2D eigenvalue weighted by Crippen LogP contribution is 2.18. The minimum atomic E-state index is -3.23. The first-order chi connectivity index (χ1) is 14.9. The van der Waals surface area contributed by atoms with Gasteiger partial charge in [0.1, 0.15) is 0 Å². The third-order valence-electron chi connectivity index (χ3n) is 5.60. The highest BCUT2D eigenvalue weighted by molar-refractivity contribution is 7.89. The van der Waals surface area contributed by atoms with Gasteiger partial charge < -0.3 is 4.90 Å². The van der Waals surface area contributed by atoms with Gasteiger partial charge in [0, 0.05) is 43.5 Å². The van der Waals surface area contributed by atoms with Crippen LogP contribution in [0.15, 0.2) is 53.3 Å². The summed E-state index contributed by atoms with van der Waals surface area (Å²) in [6, 6.07) is 14.7. The van der Waals surface area contributed by atoms with Crippen LogP contribution in [0.4, 0.5) is 0 Å². The number of carbonyl (C=O) groups is 1. The Labute approximate surface area is 180 Å². The Morgan fingerprint density at radius 3 is 2.45 bits per heavy atom. The smallest absolute Gasteiger partial charge is 0.272 e. The van der Waals surface area contributed by atoms with Crippen molar-refractivity contribution in [3.8, 4) is 0 Å². The lowest BCUT2D eigenvalue weighted by atomic mass is 10.0. The molecular weight excluding hydrogens is 416 g/mol. The van der Waals surface area contributed by atoms with Crippen LogP contribution in [0, 0.1) is 0 Å². The molecule has 1 saturated heterocycles. The van der Waals surface area contributed by atoms with Crippen molar-refractivity contribution in [3.05, 3.63) is 75.7 Å². The van der Waals surface area contributed by atoms with Crippen molar-refractivity contribution in [1.82, 2.24) is 19.4 Å². The molecule has 162 valence electrons. The molecule has 0 spiro atoms. The second-order valence-electron chi connectivity index (χ2n) is 7.51. The average Bonchev–Trinajstić information content (AvgIpc) is 2.81. The van der Waals surface area contributed by atoms with E-state index in [-0.39, 0.29) is 17.2 Å². The van der Waals surface area contributed by atoms with E-state index < -0.39 is 10.0 Å². The second-order valence-corrected chi connectivity index (χ2v) is 9.77.